The van der Waals surface area contributed by atoms with Crippen molar-refractivity contribution in [1.29, 1.82) is 0 Å². The topological polar surface area (TPSA) is 97.0 Å². The Morgan fingerprint density at radius 2 is 2.32 bits per heavy atom. The number of pyridine rings is 1. The molecule has 2 rings (SSSR count). The van der Waals surface area contributed by atoms with E-state index in [0.29, 0.717) is 12.2 Å². The second kappa shape index (κ2) is 5.38. The summed E-state index contributed by atoms with van der Waals surface area (Å²) in [5.74, 6) is -0.172. The van der Waals surface area contributed by atoms with Gasteiger partial charge in [0, 0.05) is 43.3 Å². The maximum Gasteiger partial charge on any atom is 0.251 e. The van der Waals surface area contributed by atoms with Crippen molar-refractivity contribution in [2.45, 2.75) is 13.1 Å². The van der Waals surface area contributed by atoms with Gasteiger partial charge in [-0.1, -0.05) is 0 Å². The van der Waals surface area contributed by atoms with Crippen molar-refractivity contribution in [3.05, 3.63) is 46.6 Å². The number of rotatable bonds is 4. The lowest BCUT2D eigenvalue weighted by atomic mass is 10.3. The van der Waals surface area contributed by atoms with Crippen molar-refractivity contribution in [1.82, 2.24) is 19.7 Å². The van der Waals surface area contributed by atoms with Crippen LogP contribution in [0, 0.1) is 0 Å². The standard InChI is InChI=1S/C12H15N5O2/c1-16(6-9-4-14-15-5-9)12(19)8-17-7-10(13)2-3-11(17)18/h2-5,7H,6,8,13H2,1H3,(H,14,15). The first kappa shape index (κ1) is 12.9. The van der Waals surface area contributed by atoms with Gasteiger partial charge in [-0.25, -0.2) is 0 Å². The van der Waals surface area contributed by atoms with Crippen molar-refractivity contribution in [3.8, 4) is 0 Å². The van der Waals surface area contributed by atoms with Gasteiger partial charge in [-0.05, 0) is 6.07 Å². The first-order valence-corrected chi connectivity index (χ1v) is 5.74. The van der Waals surface area contributed by atoms with Crippen molar-refractivity contribution < 1.29 is 4.79 Å². The average molecular weight is 261 g/mol. The number of likely N-dealkylation sites (N-methyl/N-ethyl adjacent to an activating group) is 1. The Morgan fingerprint density at radius 3 is 3.00 bits per heavy atom. The van der Waals surface area contributed by atoms with Gasteiger partial charge < -0.3 is 15.2 Å². The van der Waals surface area contributed by atoms with E-state index in [1.54, 1.807) is 19.4 Å². The van der Waals surface area contributed by atoms with Crippen molar-refractivity contribution in [3.63, 3.8) is 0 Å². The number of aromatic amines is 1. The summed E-state index contributed by atoms with van der Waals surface area (Å²) in [5.41, 5.74) is 6.69. The van der Waals surface area contributed by atoms with Gasteiger partial charge in [0.25, 0.3) is 5.56 Å². The summed E-state index contributed by atoms with van der Waals surface area (Å²) in [6.45, 7) is 0.407. The van der Waals surface area contributed by atoms with E-state index < -0.39 is 0 Å². The van der Waals surface area contributed by atoms with E-state index in [1.807, 2.05) is 0 Å². The average Bonchev–Trinajstić information content (AvgIpc) is 2.86. The number of carbonyl (C=O) groups is 1. The Bertz CT molecular complexity index is 617. The molecule has 2 heterocycles. The highest BCUT2D eigenvalue weighted by Crippen LogP contribution is 2.02. The maximum absolute atomic E-state index is 12.0. The molecule has 0 spiro atoms. The van der Waals surface area contributed by atoms with Crippen LogP contribution >= 0.6 is 0 Å². The fourth-order valence-electron chi connectivity index (χ4n) is 1.67. The van der Waals surface area contributed by atoms with E-state index in [9.17, 15) is 9.59 Å². The molecule has 19 heavy (non-hydrogen) atoms. The molecular weight excluding hydrogens is 246 g/mol. The third-order valence-electron chi connectivity index (χ3n) is 2.71. The summed E-state index contributed by atoms with van der Waals surface area (Å²) in [6.07, 6.45) is 4.83. The van der Waals surface area contributed by atoms with Crippen LogP contribution in [0.15, 0.2) is 35.5 Å². The van der Waals surface area contributed by atoms with E-state index in [2.05, 4.69) is 10.2 Å². The summed E-state index contributed by atoms with van der Waals surface area (Å²) in [5, 5.41) is 6.49. The van der Waals surface area contributed by atoms with Gasteiger partial charge in [0.1, 0.15) is 6.54 Å². The Hall–Kier alpha value is -2.57. The number of hydrogen-bond acceptors (Lipinski definition) is 4. The zero-order valence-electron chi connectivity index (χ0n) is 10.5. The predicted molar refractivity (Wildman–Crippen MR) is 70.2 cm³/mol. The smallest absolute Gasteiger partial charge is 0.251 e. The minimum absolute atomic E-state index is 0.0295. The number of anilines is 1. The van der Waals surface area contributed by atoms with Gasteiger partial charge in [-0.3, -0.25) is 14.7 Å². The highest BCUT2D eigenvalue weighted by molar-refractivity contribution is 5.75. The molecular formula is C12H15N5O2. The molecule has 0 aliphatic heterocycles. The van der Waals surface area contributed by atoms with E-state index in [4.69, 9.17) is 5.73 Å². The molecule has 0 radical (unpaired) electrons. The quantitative estimate of drug-likeness (QED) is 0.797. The summed E-state index contributed by atoms with van der Waals surface area (Å²) >= 11 is 0. The fraction of sp³-hybridized carbons (Fsp3) is 0.250. The second-order valence-electron chi connectivity index (χ2n) is 4.28. The van der Waals surface area contributed by atoms with Gasteiger partial charge in [0.15, 0.2) is 0 Å². The maximum atomic E-state index is 12.0. The molecule has 0 saturated carbocycles. The Kier molecular flexibility index (Phi) is 3.65. The number of nitrogens with one attached hydrogen (secondary N) is 1. The van der Waals surface area contributed by atoms with Crippen LogP contribution in [0.2, 0.25) is 0 Å². The number of nitrogen functional groups attached to an aromatic ring is 1. The van der Waals surface area contributed by atoms with E-state index in [0.717, 1.165) is 5.56 Å². The lowest BCUT2D eigenvalue weighted by molar-refractivity contribution is -0.131. The number of nitrogens with two attached hydrogens (primary N) is 1. The van der Waals surface area contributed by atoms with Gasteiger partial charge in [-0.2, -0.15) is 5.10 Å². The first-order valence-electron chi connectivity index (χ1n) is 5.74. The predicted octanol–water partition coefficient (Wildman–Crippen LogP) is -0.188. The molecule has 0 unspecified atom stereocenters. The van der Waals surface area contributed by atoms with Crippen molar-refractivity contribution >= 4 is 11.6 Å². The number of nitrogens with zero attached hydrogens (tertiary/aromatic N) is 3. The third kappa shape index (κ3) is 3.21. The number of hydrogen-bond donors (Lipinski definition) is 2. The molecule has 0 aliphatic carbocycles. The number of aromatic nitrogens is 3. The SMILES string of the molecule is CN(Cc1cn[nH]c1)C(=O)Cn1cc(N)ccc1=O. The van der Waals surface area contributed by atoms with E-state index >= 15 is 0 Å². The van der Waals surface area contributed by atoms with Crippen LogP contribution in [0.4, 0.5) is 5.69 Å². The molecule has 2 aromatic heterocycles. The molecule has 7 nitrogen and oxygen atoms in total. The van der Waals surface area contributed by atoms with Gasteiger partial charge in [0.2, 0.25) is 5.91 Å². The zero-order valence-corrected chi connectivity index (χ0v) is 10.5. The zero-order chi connectivity index (χ0) is 13.8. The van der Waals surface area contributed by atoms with Crippen molar-refractivity contribution in [2.24, 2.45) is 0 Å². The van der Waals surface area contributed by atoms with Gasteiger partial charge in [0.05, 0.1) is 6.20 Å². The van der Waals surface area contributed by atoms with Crippen LogP contribution in [-0.4, -0.2) is 32.6 Å². The monoisotopic (exact) mass is 261 g/mol. The molecule has 100 valence electrons. The molecule has 7 heteroatoms. The fourth-order valence-corrected chi connectivity index (χ4v) is 1.67. The van der Waals surface area contributed by atoms with E-state index in [1.165, 1.54) is 27.8 Å². The lowest BCUT2D eigenvalue weighted by Gasteiger charge is -2.17. The molecule has 0 bridgehead atoms. The van der Waals surface area contributed by atoms with Gasteiger partial charge >= 0.3 is 0 Å². The first-order chi connectivity index (χ1) is 9.06. The Labute approximate surface area is 109 Å². The molecule has 0 saturated heterocycles. The number of H-pyrrole nitrogens is 1. The van der Waals surface area contributed by atoms with E-state index in [-0.39, 0.29) is 18.0 Å². The lowest BCUT2D eigenvalue weighted by Crippen LogP contribution is -2.33. The third-order valence-corrected chi connectivity index (χ3v) is 2.71. The normalized spacial score (nSPS) is 10.4. The molecule has 0 aromatic carbocycles. The highest BCUT2D eigenvalue weighted by atomic mass is 16.2. The van der Waals surface area contributed by atoms with Crippen LogP contribution < -0.4 is 11.3 Å². The summed E-state index contributed by atoms with van der Waals surface area (Å²) < 4.78 is 1.30. The van der Waals surface area contributed by atoms with Gasteiger partial charge in [-0.15, -0.1) is 0 Å². The molecule has 0 atom stereocenters. The Balaban J connectivity index is 2.04. The summed E-state index contributed by atoms with van der Waals surface area (Å²) in [4.78, 5) is 25.1. The number of amides is 1. The number of carbonyl (C=O) groups excluding carboxylic acids is 1. The minimum atomic E-state index is -0.251. The molecule has 2 aromatic rings. The molecule has 1 amide bonds. The molecule has 0 aliphatic rings. The Morgan fingerprint density at radius 1 is 1.53 bits per heavy atom. The second-order valence-corrected chi connectivity index (χ2v) is 4.28. The summed E-state index contributed by atoms with van der Waals surface area (Å²) in [7, 11) is 1.67. The summed E-state index contributed by atoms with van der Waals surface area (Å²) in [6, 6.07) is 2.86. The molecule has 0 fully saturated rings. The largest absolute Gasteiger partial charge is 0.398 e. The highest BCUT2D eigenvalue weighted by Gasteiger charge is 2.11. The van der Waals surface area contributed by atoms with Crippen LogP contribution in [-0.2, 0) is 17.9 Å². The minimum Gasteiger partial charge on any atom is -0.398 e. The molecule has 3 N–H and O–H groups in total. The van der Waals surface area contributed by atoms with Crippen molar-refractivity contribution in [2.75, 3.05) is 12.8 Å². The van der Waals surface area contributed by atoms with Crippen LogP contribution in [0.5, 0.6) is 0 Å². The van der Waals surface area contributed by atoms with Crippen LogP contribution in [0.1, 0.15) is 5.56 Å². The van der Waals surface area contributed by atoms with Crippen LogP contribution in [0.25, 0.3) is 0 Å². The van der Waals surface area contributed by atoms with Crippen LogP contribution in [0.3, 0.4) is 0 Å².